The molecule has 0 aliphatic rings. The Hall–Kier alpha value is -2.06. The molecule has 0 aliphatic carbocycles. The average Bonchev–Trinajstić information content (AvgIpc) is 3.16. The van der Waals surface area contributed by atoms with E-state index in [2.05, 4.69) is 20.0 Å². The number of fused-ring (bicyclic) bond motifs is 1. The van der Waals surface area contributed by atoms with Crippen molar-refractivity contribution >= 4 is 45.2 Å². The predicted octanol–water partition coefficient (Wildman–Crippen LogP) is 3.54. The molecule has 1 amide bonds. The number of nitrogens with zero attached hydrogens (tertiary/aromatic N) is 1. The Morgan fingerprint density at radius 3 is 3.09 bits per heavy atom. The minimum Gasteiger partial charge on any atom is -0.357 e. The Balaban J connectivity index is 1.60. The molecule has 3 aromatic rings. The van der Waals surface area contributed by atoms with Crippen LogP contribution in [0.25, 0.3) is 10.9 Å². The molecule has 0 saturated carbocycles. The van der Waals surface area contributed by atoms with Gasteiger partial charge in [-0.25, -0.2) is 9.37 Å². The highest BCUT2D eigenvalue weighted by atomic mass is 32.2. The Kier molecular flexibility index (Phi) is 4.59. The third-order valence-electron chi connectivity index (χ3n) is 2.98. The van der Waals surface area contributed by atoms with Crippen molar-refractivity contribution in [1.82, 2.24) is 15.3 Å². The summed E-state index contributed by atoms with van der Waals surface area (Å²) in [5.74, 6) is -0.256. The van der Waals surface area contributed by atoms with E-state index in [0.717, 1.165) is 28.5 Å². The quantitative estimate of drug-likeness (QED) is 0.602. The molecule has 0 unspecified atom stereocenters. The molecule has 2 aromatic heterocycles. The number of rotatable bonds is 6. The number of aromatic nitrogens is 2. The smallest absolute Gasteiger partial charge is 0.271 e. The van der Waals surface area contributed by atoms with E-state index in [4.69, 9.17) is 0 Å². The number of alkyl halides is 1. The lowest BCUT2D eigenvalue weighted by Gasteiger charge is -2.01. The Morgan fingerprint density at radius 2 is 2.27 bits per heavy atom. The lowest BCUT2D eigenvalue weighted by molar-refractivity contribution is 0.0946. The minimum atomic E-state index is -0.554. The van der Waals surface area contributed by atoms with Gasteiger partial charge in [0.15, 0.2) is 11.1 Å². The van der Waals surface area contributed by atoms with Gasteiger partial charge in [-0.1, -0.05) is 18.2 Å². The van der Waals surface area contributed by atoms with Crippen LogP contribution >= 0.6 is 23.3 Å². The molecule has 114 valence electrons. The first kappa shape index (κ1) is 14.9. The molecule has 1 aromatic carbocycles. The maximum atomic E-state index is 12.0. The first-order valence-corrected chi connectivity index (χ1v) is 8.37. The molecule has 0 spiro atoms. The molecule has 0 atom stereocenters. The first-order chi connectivity index (χ1) is 10.8. The molecular formula is C14H13FN4OS2. The zero-order valence-corrected chi connectivity index (χ0v) is 13.1. The number of anilines is 1. The molecule has 5 nitrogen and oxygen atoms in total. The van der Waals surface area contributed by atoms with E-state index in [-0.39, 0.29) is 5.91 Å². The number of benzene rings is 1. The highest BCUT2D eigenvalue weighted by Crippen LogP contribution is 2.19. The van der Waals surface area contributed by atoms with Crippen LogP contribution in [-0.4, -0.2) is 21.9 Å². The second-order valence-corrected chi connectivity index (χ2v) is 6.03. The van der Waals surface area contributed by atoms with Gasteiger partial charge in [0.1, 0.15) is 5.69 Å². The molecule has 0 radical (unpaired) electrons. The SMILES string of the molecule is O=C(NCc1cc2ccccc2[nH]1)c1csc(NSCF)n1. The molecular weight excluding hydrogens is 323 g/mol. The van der Waals surface area contributed by atoms with Gasteiger partial charge < -0.3 is 15.0 Å². The molecule has 3 rings (SSSR count). The van der Waals surface area contributed by atoms with E-state index in [1.807, 2.05) is 30.3 Å². The number of H-pyrrole nitrogens is 1. The van der Waals surface area contributed by atoms with E-state index < -0.39 is 6.01 Å². The minimum absolute atomic E-state index is 0.256. The normalized spacial score (nSPS) is 10.8. The van der Waals surface area contributed by atoms with Crippen molar-refractivity contribution in [2.24, 2.45) is 0 Å². The van der Waals surface area contributed by atoms with E-state index in [1.165, 1.54) is 11.3 Å². The van der Waals surface area contributed by atoms with Crippen LogP contribution in [0.5, 0.6) is 0 Å². The average molecular weight is 336 g/mol. The zero-order valence-electron chi connectivity index (χ0n) is 11.4. The van der Waals surface area contributed by atoms with E-state index >= 15 is 0 Å². The van der Waals surface area contributed by atoms with E-state index in [9.17, 15) is 9.18 Å². The van der Waals surface area contributed by atoms with E-state index in [1.54, 1.807) is 5.38 Å². The number of amides is 1. The largest absolute Gasteiger partial charge is 0.357 e. The van der Waals surface area contributed by atoms with Crippen molar-refractivity contribution < 1.29 is 9.18 Å². The predicted molar refractivity (Wildman–Crippen MR) is 88.8 cm³/mol. The van der Waals surface area contributed by atoms with Crippen molar-refractivity contribution in [2.45, 2.75) is 6.54 Å². The highest BCUT2D eigenvalue weighted by molar-refractivity contribution is 8.00. The number of nitrogens with one attached hydrogen (secondary N) is 3. The van der Waals surface area contributed by atoms with Gasteiger partial charge in [-0.15, -0.1) is 11.3 Å². The summed E-state index contributed by atoms with van der Waals surface area (Å²) in [6, 6.07) is 9.38. The topological polar surface area (TPSA) is 69.8 Å². The van der Waals surface area contributed by atoms with Crippen molar-refractivity contribution in [1.29, 1.82) is 0 Å². The summed E-state index contributed by atoms with van der Waals surface area (Å²) in [4.78, 5) is 19.4. The number of halogens is 1. The molecule has 0 saturated heterocycles. The molecule has 0 fully saturated rings. The molecule has 22 heavy (non-hydrogen) atoms. The second-order valence-electron chi connectivity index (χ2n) is 4.46. The van der Waals surface area contributed by atoms with Gasteiger partial charge in [-0.2, -0.15) is 0 Å². The summed E-state index contributed by atoms with van der Waals surface area (Å²) < 4.78 is 14.8. The number of hydrogen-bond donors (Lipinski definition) is 3. The maximum absolute atomic E-state index is 12.0. The van der Waals surface area contributed by atoms with Crippen LogP contribution in [0.1, 0.15) is 16.2 Å². The monoisotopic (exact) mass is 336 g/mol. The number of para-hydroxylation sites is 1. The third-order valence-corrected chi connectivity index (χ3v) is 4.31. The van der Waals surface area contributed by atoms with Crippen LogP contribution in [0.15, 0.2) is 35.7 Å². The Labute approximate surface area is 134 Å². The fourth-order valence-corrected chi connectivity index (χ4v) is 3.14. The third kappa shape index (κ3) is 3.40. The van der Waals surface area contributed by atoms with E-state index in [0.29, 0.717) is 17.4 Å². The van der Waals surface area contributed by atoms with Gasteiger partial charge >= 0.3 is 0 Å². The molecule has 0 bridgehead atoms. The van der Waals surface area contributed by atoms with Gasteiger partial charge in [-0.05, 0) is 29.5 Å². The molecule has 8 heteroatoms. The van der Waals surface area contributed by atoms with Crippen LogP contribution in [0.4, 0.5) is 9.52 Å². The zero-order chi connectivity index (χ0) is 15.4. The Bertz CT molecular complexity index is 753. The fraction of sp³-hybridized carbons (Fsp3) is 0.143. The van der Waals surface area contributed by atoms with Crippen molar-refractivity contribution in [2.75, 3.05) is 10.7 Å². The summed E-state index contributed by atoms with van der Waals surface area (Å²) in [5, 5.41) is 6.07. The second kappa shape index (κ2) is 6.80. The van der Waals surface area contributed by atoms with Gasteiger partial charge in [0, 0.05) is 16.6 Å². The standard InChI is InChI=1S/C14H13FN4OS2/c15-8-22-19-14-18-12(7-21-14)13(20)16-6-10-5-9-3-1-2-4-11(9)17-10/h1-5,7,17H,6,8H2,(H,16,20)(H,18,19). The van der Waals surface area contributed by atoms with Crippen LogP contribution < -0.4 is 10.0 Å². The van der Waals surface area contributed by atoms with Crippen LogP contribution in [-0.2, 0) is 6.54 Å². The summed E-state index contributed by atoms with van der Waals surface area (Å²) in [7, 11) is 0. The number of aromatic amines is 1. The van der Waals surface area contributed by atoms with Crippen molar-refractivity contribution in [3.05, 3.63) is 47.1 Å². The van der Waals surface area contributed by atoms with Crippen LogP contribution in [0, 0.1) is 0 Å². The summed E-state index contributed by atoms with van der Waals surface area (Å²) >= 11 is 2.16. The molecule has 0 aliphatic heterocycles. The maximum Gasteiger partial charge on any atom is 0.271 e. The number of thiazole rings is 1. The fourth-order valence-electron chi connectivity index (χ4n) is 2.01. The van der Waals surface area contributed by atoms with Crippen molar-refractivity contribution in [3.8, 4) is 0 Å². The number of hydrogen-bond acceptors (Lipinski definition) is 5. The summed E-state index contributed by atoms with van der Waals surface area (Å²) in [6.07, 6.45) is 0. The van der Waals surface area contributed by atoms with Crippen LogP contribution in [0.3, 0.4) is 0 Å². The van der Waals surface area contributed by atoms with Crippen LogP contribution in [0.2, 0.25) is 0 Å². The van der Waals surface area contributed by atoms with Gasteiger partial charge in [0.25, 0.3) is 5.91 Å². The van der Waals surface area contributed by atoms with Gasteiger partial charge in [-0.3, -0.25) is 4.79 Å². The first-order valence-electron chi connectivity index (χ1n) is 6.50. The Morgan fingerprint density at radius 1 is 1.41 bits per heavy atom. The van der Waals surface area contributed by atoms with Gasteiger partial charge in [0.05, 0.1) is 6.54 Å². The van der Waals surface area contributed by atoms with Gasteiger partial charge in [0.2, 0.25) is 0 Å². The summed E-state index contributed by atoms with van der Waals surface area (Å²) in [6.45, 7) is 0.396. The summed E-state index contributed by atoms with van der Waals surface area (Å²) in [5.41, 5.74) is 2.29. The number of carbonyl (C=O) groups excluding carboxylic acids is 1. The van der Waals surface area contributed by atoms with Crippen molar-refractivity contribution in [3.63, 3.8) is 0 Å². The molecule has 2 heterocycles. The molecule has 3 N–H and O–H groups in total. The highest BCUT2D eigenvalue weighted by Gasteiger charge is 2.11. The number of carbonyl (C=O) groups is 1. The lowest BCUT2D eigenvalue weighted by atomic mass is 10.2. The lowest BCUT2D eigenvalue weighted by Crippen LogP contribution is -2.23.